The average Bonchev–Trinajstić information content (AvgIpc) is 3.03. The summed E-state index contributed by atoms with van der Waals surface area (Å²) in [5.74, 6) is -8.43. The van der Waals surface area contributed by atoms with Crippen LogP contribution in [0, 0.1) is 23.3 Å². The van der Waals surface area contributed by atoms with Gasteiger partial charge in [-0.3, -0.25) is 0 Å². The lowest BCUT2D eigenvalue weighted by atomic mass is 9.89. The zero-order valence-electron chi connectivity index (χ0n) is 27.4. The largest absolute Gasteiger partial charge is 0.432 e. The smallest absolute Gasteiger partial charge is 0.429 e. The normalized spacial score (nSPS) is 22.9. The van der Waals surface area contributed by atoms with Crippen LogP contribution in [0.1, 0.15) is 86.0 Å². The number of ether oxygens (including phenoxy) is 5. The fraction of sp³-hybridized carbons (Fsp3) is 0.471. The minimum absolute atomic E-state index is 0.0368. The van der Waals surface area contributed by atoms with E-state index in [0.717, 1.165) is 31.7 Å². The first-order valence-corrected chi connectivity index (χ1v) is 18.5. The molecule has 0 saturated carbocycles. The van der Waals surface area contributed by atoms with Crippen LogP contribution < -0.4 is 4.74 Å². The van der Waals surface area contributed by atoms with Crippen LogP contribution in [0.25, 0.3) is 0 Å². The first-order chi connectivity index (χ1) is 24.2. The fourth-order valence-corrected chi connectivity index (χ4v) is 7.15. The Morgan fingerprint density at radius 1 is 0.769 bits per heavy atom. The minimum Gasteiger partial charge on any atom is -0.429 e. The van der Waals surface area contributed by atoms with Gasteiger partial charge in [0.1, 0.15) is 45.6 Å². The van der Waals surface area contributed by atoms with Crippen LogP contribution in [0.4, 0.5) is 45.8 Å². The third kappa shape index (κ3) is 9.63. The molecule has 2 heterocycles. The van der Waals surface area contributed by atoms with E-state index in [9.17, 15) is 23.8 Å². The van der Waals surface area contributed by atoms with E-state index >= 15 is 22.0 Å². The molecule has 18 heteroatoms. The lowest BCUT2D eigenvalue weighted by Crippen LogP contribution is -2.34. The highest BCUT2D eigenvalue weighted by molar-refractivity contribution is 8.45. The van der Waals surface area contributed by atoms with Crippen LogP contribution in [0.15, 0.2) is 47.4 Å². The maximum Gasteiger partial charge on any atom is 0.432 e. The van der Waals surface area contributed by atoms with E-state index in [1.54, 1.807) is 0 Å². The van der Waals surface area contributed by atoms with Crippen molar-refractivity contribution < 1.29 is 69.5 Å². The summed E-state index contributed by atoms with van der Waals surface area (Å²) in [6, 6.07) is 3.40. The molecule has 0 aliphatic carbocycles. The van der Waals surface area contributed by atoms with Gasteiger partial charge in [0.15, 0.2) is 6.29 Å². The molecule has 0 aromatic heterocycles. The minimum atomic E-state index is -10.3. The van der Waals surface area contributed by atoms with Gasteiger partial charge in [0.25, 0.3) is 0 Å². The summed E-state index contributed by atoms with van der Waals surface area (Å²) in [5, 5.41) is -0.421. The van der Waals surface area contributed by atoms with Gasteiger partial charge in [-0.1, -0.05) is 63.3 Å². The summed E-state index contributed by atoms with van der Waals surface area (Å²) < 4.78 is 182. The van der Waals surface area contributed by atoms with Crippen molar-refractivity contribution in [3.63, 3.8) is 0 Å². The van der Waals surface area contributed by atoms with Gasteiger partial charge in [-0.15, -0.1) is 0 Å². The quantitative estimate of drug-likeness (QED) is 0.127. The Bertz CT molecular complexity index is 1700. The van der Waals surface area contributed by atoms with Crippen LogP contribution in [0.5, 0.6) is 5.75 Å². The van der Waals surface area contributed by atoms with Crippen molar-refractivity contribution in [2.45, 2.75) is 80.9 Å². The van der Waals surface area contributed by atoms with Crippen molar-refractivity contribution in [2.75, 3.05) is 26.4 Å². The Morgan fingerprint density at radius 2 is 1.42 bits per heavy atom. The van der Waals surface area contributed by atoms with Crippen LogP contribution in [0.2, 0.25) is 5.02 Å². The summed E-state index contributed by atoms with van der Waals surface area (Å²) in [4.78, 5) is -2.67. The van der Waals surface area contributed by atoms with Gasteiger partial charge in [0.05, 0.1) is 30.9 Å². The topological polar surface area (TPSA) is 46.2 Å². The van der Waals surface area contributed by atoms with E-state index in [2.05, 4.69) is 11.7 Å². The molecule has 5 nitrogen and oxygen atoms in total. The third-order valence-electron chi connectivity index (χ3n) is 8.57. The van der Waals surface area contributed by atoms with Crippen LogP contribution in [-0.2, 0) is 25.1 Å². The third-order valence-corrected chi connectivity index (χ3v) is 10.0. The van der Waals surface area contributed by atoms with Crippen molar-refractivity contribution in [1.82, 2.24) is 0 Å². The molecule has 52 heavy (non-hydrogen) atoms. The number of benzene rings is 3. The highest BCUT2D eigenvalue weighted by Crippen LogP contribution is 3.02. The standard InChI is InChI=1S/C34H34ClF11O5S/c1-2-3-4-5-10-47-23-17-49-33(50-18-23)21-12-27(38)32(28(39)13-21)34(40,41)51-22-14-24(35)31(26(37)15-22)20-6-8-29(48-16-20)19-7-9-30(25(36)11-19)52(42,43,44,45)46/h7,9,11-15,20,23,29,33H,2-6,8,10,16-18H2,1H3. The fourth-order valence-electron chi connectivity index (χ4n) is 6.04. The molecule has 0 spiro atoms. The molecule has 5 rings (SSSR count). The molecule has 2 unspecified atom stereocenters. The Labute approximate surface area is 297 Å². The predicted octanol–water partition coefficient (Wildman–Crippen LogP) is 12.3. The first kappa shape index (κ1) is 40.4. The molecule has 2 aliphatic heterocycles. The lowest BCUT2D eigenvalue weighted by molar-refractivity contribution is -0.230. The number of rotatable bonds is 13. The van der Waals surface area contributed by atoms with Crippen LogP contribution in [-0.4, -0.2) is 32.5 Å². The Morgan fingerprint density at radius 3 is 1.98 bits per heavy atom. The van der Waals surface area contributed by atoms with E-state index in [0.29, 0.717) is 30.9 Å². The Balaban J connectivity index is 1.21. The molecule has 0 amide bonds. The molecule has 2 aliphatic rings. The summed E-state index contributed by atoms with van der Waals surface area (Å²) in [6.45, 7) is 2.32. The van der Waals surface area contributed by atoms with Gasteiger partial charge in [0.2, 0.25) is 0 Å². The number of unbranched alkanes of at least 4 members (excludes halogenated alkanes) is 3. The lowest BCUT2D eigenvalue weighted by Gasteiger charge is -2.40. The average molecular weight is 799 g/mol. The maximum atomic E-state index is 15.3. The number of hydrogen-bond acceptors (Lipinski definition) is 5. The van der Waals surface area contributed by atoms with Crippen LogP contribution in [0.3, 0.4) is 0 Å². The van der Waals surface area contributed by atoms with Gasteiger partial charge in [-0.2, -0.15) is 8.78 Å². The molecule has 3 aromatic rings. The summed E-state index contributed by atoms with van der Waals surface area (Å²) in [6.07, 6.45) is -3.37. The van der Waals surface area contributed by atoms with Crippen molar-refractivity contribution in [3.8, 4) is 5.75 Å². The zero-order chi connectivity index (χ0) is 38.1. The van der Waals surface area contributed by atoms with Crippen molar-refractivity contribution in [2.24, 2.45) is 0 Å². The van der Waals surface area contributed by atoms with Crippen LogP contribution >= 0.6 is 21.8 Å². The molecule has 2 atom stereocenters. The van der Waals surface area contributed by atoms with E-state index in [1.807, 2.05) is 0 Å². The first-order valence-electron chi connectivity index (χ1n) is 16.2. The molecular weight excluding hydrogens is 765 g/mol. The second kappa shape index (κ2) is 14.8. The monoisotopic (exact) mass is 798 g/mol. The molecule has 0 bridgehead atoms. The molecule has 2 fully saturated rings. The number of alkyl halides is 2. The number of halogens is 12. The Kier molecular flexibility index (Phi) is 11.5. The van der Waals surface area contributed by atoms with E-state index in [-0.39, 0.29) is 61.5 Å². The van der Waals surface area contributed by atoms with E-state index in [4.69, 9.17) is 30.5 Å². The van der Waals surface area contributed by atoms with Crippen molar-refractivity contribution in [1.29, 1.82) is 0 Å². The second-order valence-corrected chi connectivity index (χ2v) is 15.4. The summed E-state index contributed by atoms with van der Waals surface area (Å²) >= 11 is 6.20. The molecule has 2 saturated heterocycles. The summed E-state index contributed by atoms with van der Waals surface area (Å²) in [5.41, 5.74) is -2.36. The highest BCUT2D eigenvalue weighted by Gasteiger charge is 2.67. The molecule has 0 N–H and O–H groups in total. The van der Waals surface area contributed by atoms with Crippen molar-refractivity contribution in [3.05, 3.63) is 93.0 Å². The van der Waals surface area contributed by atoms with Gasteiger partial charge < -0.3 is 23.7 Å². The van der Waals surface area contributed by atoms with Gasteiger partial charge >= 0.3 is 16.3 Å². The SMILES string of the molecule is CCCCCCOC1COC(c2cc(F)c(C(F)(F)Oc3cc(F)c(C4CCC(c5ccc(S(F)(F)(F)(F)F)c(F)c5)OC4)c(Cl)c3)c(F)c2)OC1. The van der Waals surface area contributed by atoms with E-state index in [1.165, 1.54) is 0 Å². The van der Waals surface area contributed by atoms with E-state index < -0.39 is 85.2 Å². The van der Waals surface area contributed by atoms with Gasteiger partial charge in [-0.05, 0) is 55.2 Å². The predicted molar refractivity (Wildman–Crippen MR) is 169 cm³/mol. The van der Waals surface area contributed by atoms with Gasteiger partial charge in [0, 0.05) is 29.7 Å². The van der Waals surface area contributed by atoms with Gasteiger partial charge in [-0.25, -0.2) is 17.6 Å². The molecule has 290 valence electrons. The summed E-state index contributed by atoms with van der Waals surface area (Å²) in [7, 11) is -10.3. The second-order valence-electron chi connectivity index (χ2n) is 12.6. The Hall–Kier alpha value is -2.83. The molecular formula is C34H34ClF11O5S. The maximum absolute atomic E-state index is 15.3. The number of hydrogen-bond donors (Lipinski definition) is 0. The molecule has 3 aromatic carbocycles. The highest BCUT2D eigenvalue weighted by atomic mass is 35.5. The zero-order valence-corrected chi connectivity index (χ0v) is 29.0. The van der Waals surface area contributed by atoms with Crippen molar-refractivity contribution >= 4 is 21.8 Å². The molecule has 0 radical (unpaired) electrons.